The number of hydrogen-bond acceptors (Lipinski definition) is 5. The molecule has 5 nitrogen and oxygen atoms in total. The fourth-order valence-corrected chi connectivity index (χ4v) is 5.60. The molecule has 3 aliphatic rings. The van der Waals surface area contributed by atoms with Crippen LogP contribution in [-0.4, -0.2) is 49.6 Å². The Kier molecular flexibility index (Phi) is 5.78. The third-order valence-electron chi connectivity index (χ3n) is 7.38. The molecular weight excluding hydrogens is 332 g/mol. The van der Waals surface area contributed by atoms with Gasteiger partial charge in [0.05, 0.1) is 12.5 Å². The Balaban J connectivity index is 1.57. The molecule has 0 amide bonds. The smallest absolute Gasteiger partial charge is 0.204 e. The van der Waals surface area contributed by atoms with E-state index in [2.05, 4.69) is 13.8 Å². The van der Waals surface area contributed by atoms with Crippen molar-refractivity contribution in [3.05, 3.63) is 0 Å². The van der Waals surface area contributed by atoms with Crippen molar-refractivity contribution in [2.24, 2.45) is 11.8 Å². The van der Waals surface area contributed by atoms with Gasteiger partial charge in [-0.3, -0.25) is 0 Å². The molecule has 3 fully saturated rings. The normalized spacial score (nSPS) is 45.9. The Morgan fingerprint density at radius 2 is 1.19 bits per heavy atom. The topological polar surface area (TPSA) is 90.2 Å². The zero-order chi connectivity index (χ0) is 19.1. The van der Waals surface area contributed by atoms with Crippen LogP contribution in [-0.2, 0) is 4.74 Å². The van der Waals surface area contributed by atoms with Crippen LogP contribution in [0.4, 0.5) is 0 Å². The SMILES string of the molecule is CCCCCCCC1[C@]2(O)[C@]1(O)COC1(O)C(CCCCCCC)[C@]12O. The minimum atomic E-state index is -1.72. The number of aliphatic hydroxyl groups is 4. The molecule has 1 aliphatic heterocycles. The molecule has 3 unspecified atom stereocenters. The average Bonchev–Trinajstić information content (AvgIpc) is 3.33. The lowest BCUT2D eigenvalue weighted by atomic mass is 9.97. The fraction of sp³-hybridized carbons (Fsp3) is 1.00. The van der Waals surface area contributed by atoms with Gasteiger partial charge in [-0.2, -0.15) is 0 Å². The molecular formula is C21H38O5. The summed E-state index contributed by atoms with van der Waals surface area (Å²) >= 11 is 0. The van der Waals surface area contributed by atoms with Gasteiger partial charge in [0.1, 0.15) is 11.2 Å². The van der Waals surface area contributed by atoms with Crippen LogP contribution in [0.2, 0.25) is 0 Å². The van der Waals surface area contributed by atoms with Crippen molar-refractivity contribution in [1.29, 1.82) is 0 Å². The minimum Gasteiger partial charge on any atom is -0.384 e. The summed E-state index contributed by atoms with van der Waals surface area (Å²) in [7, 11) is 0. The molecule has 0 bridgehead atoms. The quantitative estimate of drug-likeness (QED) is 0.397. The van der Waals surface area contributed by atoms with E-state index in [9.17, 15) is 20.4 Å². The van der Waals surface area contributed by atoms with Crippen LogP contribution in [0.15, 0.2) is 0 Å². The lowest BCUT2D eigenvalue weighted by Crippen LogP contribution is -2.53. The first-order valence-corrected chi connectivity index (χ1v) is 10.9. The molecule has 0 spiro atoms. The summed E-state index contributed by atoms with van der Waals surface area (Å²) in [4.78, 5) is 0. The molecule has 0 aromatic rings. The van der Waals surface area contributed by atoms with E-state index in [0.717, 1.165) is 38.5 Å². The number of ether oxygens (including phenoxy) is 1. The lowest BCUT2D eigenvalue weighted by molar-refractivity contribution is -0.255. The molecule has 26 heavy (non-hydrogen) atoms. The fourth-order valence-electron chi connectivity index (χ4n) is 5.60. The van der Waals surface area contributed by atoms with Crippen LogP contribution in [0.5, 0.6) is 0 Å². The predicted molar refractivity (Wildman–Crippen MR) is 99.5 cm³/mol. The van der Waals surface area contributed by atoms with E-state index >= 15 is 0 Å². The highest BCUT2D eigenvalue weighted by molar-refractivity contribution is 5.46. The van der Waals surface area contributed by atoms with Crippen molar-refractivity contribution >= 4 is 0 Å². The van der Waals surface area contributed by atoms with Crippen LogP contribution in [0.25, 0.3) is 0 Å². The Morgan fingerprint density at radius 3 is 1.73 bits per heavy atom. The van der Waals surface area contributed by atoms with Crippen molar-refractivity contribution in [2.75, 3.05) is 6.61 Å². The Bertz CT molecular complexity index is 455. The highest BCUT2D eigenvalue weighted by atomic mass is 16.7. The molecule has 3 rings (SSSR count). The summed E-state index contributed by atoms with van der Waals surface area (Å²) < 4.78 is 5.53. The molecule has 6 atom stereocenters. The molecule has 1 saturated heterocycles. The van der Waals surface area contributed by atoms with E-state index in [1.54, 1.807) is 0 Å². The van der Waals surface area contributed by atoms with E-state index in [-0.39, 0.29) is 6.61 Å². The summed E-state index contributed by atoms with van der Waals surface area (Å²) in [6.45, 7) is 4.25. The molecule has 2 saturated carbocycles. The maximum absolute atomic E-state index is 11.2. The Labute approximate surface area is 157 Å². The van der Waals surface area contributed by atoms with Gasteiger partial charge < -0.3 is 25.2 Å². The largest absolute Gasteiger partial charge is 0.384 e. The molecule has 0 aromatic heterocycles. The van der Waals surface area contributed by atoms with E-state index < -0.39 is 34.4 Å². The molecule has 5 heteroatoms. The zero-order valence-corrected chi connectivity index (χ0v) is 16.5. The number of fused-ring (bicyclic) bond motifs is 3. The minimum absolute atomic E-state index is 0.0890. The van der Waals surface area contributed by atoms with Crippen LogP contribution in [0.1, 0.15) is 90.9 Å². The van der Waals surface area contributed by atoms with Gasteiger partial charge >= 0.3 is 0 Å². The second kappa shape index (κ2) is 7.32. The van der Waals surface area contributed by atoms with Crippen LogP contribution >= 0.6 is 0 Å². The zero-order valence-electron chi connectivity index (χ0n) is 16.5. The highest BCUT2D eigenvalue weighted by Gasteiger charge is 3.00. The Hall–Kier alpha value is -0.200. The van der Waals surface area contributed by atoms with E-state index in [1.807, 2.05) is 0 Å². The van der Waals surface area contributed by atoms with Gasteiger partial charge in [0.15, 0.2) is 5.60 Å². The van der Waals surface area contributed by atoms with Crippen molar-refractivity contribution in [2.45, 2.75) is 113 Å². The number of rotatable bonds is 12. The van der Waals surface area contributed by atoms with E-state index in [1.165, 1.54) is 25.7 Å². The first kappa shape index (κ1) is 20.5. The maximum atomic E-state index is 11.2. The first-order chi connectivity index (χ1) is 12.3. The van der Waals surface area contributed by atoms with Gasteiger partial charge in [-0.25, -0.2) is 0 Å². The lowest BCUT2D eigenvalue weighted by Gasteiger charge is -2.30. The highest BCUT2D eigenvalue weighted by Crippen LogP contribution is 2.78. The van der Waals surface area contributed by atoms with Gasteiger partial charge in [0.25, 0.3) is 0 Å². The van der Waals surface area contributed by atoms with Crippen molar-refractivity contribution in [1.82, 2.24) is 0 Å². The van der Waals surface area contributed by atoms with Gasteiger partial charge in [-0.1, -0.05) is 78.1 Å². The summed E-state index contributed by atoms with van der Waals surface area (Å²) in [5.74, 6) is -2.59. The van der Waals surface area contributed by atoms with Crippen molar-refractivity contribution < 1.29 is 25.2 Å². The molecule has 1 heterocycles. The molecule has 4 N–H and O–H groups in total. The second-order valence-electron chi connectivity index (χ2n) is 8.95. The number of hydrogen-bond donors (Lipinski definition) is 4. The molecule has 0 radical (unpaired) electrons. The van der Waals surface area contributed by atoms with Gasteiger partial charge in [-0.05, 0) is 12.8 Å². The van der Waals surface area contributed by atoms with Crippen molar-refractivity contribution in [3.8, 4) is 0 Å². The van der Waals surface area contributed by atoms with Crippen LogP contribution in [0, 0.1) is 11.8 Å². The third-order valence-corrected chi connectivity index (χ3v) is 7.38. The van der Waals surface area contributed by atoms with Gasteiger partial charge in [0, 0.05) is 5.92 Å². The van der Waals surface area contributed by atoms with E-state index in [4.69, 9.17) is 4.74 Å². The molecule has 152 valence electrons. The van der Waals surface area contributed by atoms with Gasteiger partial charge in [-0.15, -0.1) is 0 Å². The summed E-state index contributed by atoms with van der Waals surface area (Å²) in [5, 5.41) is 43.9. The van der Waals surface area contributed by atoms with Crippen molar-refractivity contribution in [3.63, 3.8) is 0 Å². The summed E-state index contributed by atoms with van der Waals surface area (Å²) in [5.41, 5.74) is -4.74. The summed E-state index contributed by atoms with van der Waals surface area (Å²) in [6.07, 6.45) is 12.3. The van der Waals surface area contributed by atoms with E-state index in [0.29, 0.717) is 12.8 Å². The van der Waals surface area contributed by atoms with Crippen LogP contribution in [0.3, 0.4) is 0 Å². The molecule has 0 aromatic carbocycles. The monoisotopic (exact) mass is 370 g/mol. The summed E-state index contributed by atoms with van der Waals surface area (Å²) in [6, 6.07) is 0. The number of unbranched alkanes of at least 4 members (excludes halogenated alkanes) is 8. The maximum Gasteiger partial charge on any atom is 0.204 e. The first-order valence-electron chi connectivity index (χ1n) is 10.9. The Morgan fingerprint density at radius 1 is 0.692 bits per heavy atom. The standard InChI is InChI=1S/C21H38O5/c1-3-5-7-9-11-13-16-18(22)15-26-21(25)17(14-12-10-8-6-4-2)20(21,24)19(16,18)23/h16-17,22-25H,3-15H2,1-2H3/t16?,17?,18-,19-,20+,21?/m0/s1. The third kappa shape index (κ3) is 2.69. The second-order valence-corrected chi connectivity index (χ2v) is 8.95. The van der Waals surface area contributed by atoms with Gasteiger partial charge in [0.2, 0.25) is 5.79 Å². The predicted octanol–water partition coefficient (Wildman–Crippen LogP) is 2.88. The van der Waals surface area contributed by atoms with Crippen LogP contribution < -0.4 is 0 Å². The molecule has 2 aliphatic carbocycles. The average molecular weight is 371 g/mol.